The molecule has 0 N–H and O–H groups in total. The van der Waals surface area contributed by atoms with Gasteiger partial charge < -0.3 is 0 Å². The molecule has 0 aliphatic heterocycles. The van der Waals surface area contributed by atoms with Crippen LogP contribution in [0.4, 0.5) is 13.2 Å². The van der Waals surface area contributed by atoms with E-state index in [1.165, 1.54) is 6.07 Å². The minimum atomic E-state index is -4.37. The van der Waals surface area contributed by atoms with Gasteiger partial charge in [-0.2, -0.15) is 13.2 Å². The first kappa shape index (κ1) is 9.59. The molecule has 0 saturated heterocycles. The van der Waals surface area contributed by atoms with Gasteiger partial charge in [0.25, 0.3) is 0 Å². The van der Waals surface area contributed by atoms with Gasteiger partial charge in [0, 0.05) is 0 Å². The van der Waals surface area contributed by atoms with Crippen LogP contribution in [0.15, 0.2) is 18.2 Å². The Balaban J connectivity index is 2.66. The maximum Gasteiger partial charge on any atom is 0.418 e. The topological polar surface area (TPSA) is 0 Å². The molecule has 0 bridgehead atoms. The van der Waals surface area contributed by atoms with Gasteiger partial charge in [0.1, 0.15) is 0 Å². The van der Waals surface area contributed by atoms with Gasteiger partial charge in [0.15, 0.2) is 0 Å². The van der Waals surface area contributed by atoms with Crippen LogP contribution < -0.4 is 0 Å². The minimum Gasteiger partial charge on any atom is -0.166 e. The normalized spacial score (nSPS) is 14.6. The fourth-order valence-electron chi connectivity index (χ4n) is 1.62. The molecule has 4 heteroatoms. The number of allylic oxidation sites excluding steroid dienone is 1. The first-order valence-corrected chi connectivity index (χ1v) is 4.43. The van der Waals surface area contributed by atoms with Crippen molar-refractivity contribution in [1.82, 2.24) is 0 Å². The average Bonchev–Trinajstić information content (AvgIpc) is 2.48. The molecule has 14 heavy (non-hydrogen) atoms. The molecule has 0 fully saturated rings. The predicted octanol–water partition coefficient (Wildman–Crippen LogP) is 3.93. The van der Waals surface area contributed by atoms with Crippen molar-refractivity contribution in [2.75, 3.05) is 0 Å². The second kappa shape index (κ2) is 3.02. The summed E-state index contributed by atoms with van der Waals surface area (Å²) >= 11 is 5.54. The molecular formula is C10H6ClF3. The first-order chi connectivity index (χ1) is 6.50. The Kier molecular flexibility index (Phi) is 2.07. The van der Waals surface area contributed by atoms with E-state index in [2.05, 4.69) is 0 Å². The molecule has 0 atom stereocenters. The molecule has 0 spiro atoms. The third-order valence-corrected chi connectivity index (χ3v) is 2.52. The molecule has 1 aliphatic rings. The van der Waals surface area contributed by atoms with Crippen LogP contribution in [-0.2, 0) is 12.6 Å². The SMILES string of the molecule is FC(F)(F)c1c(Cl)ccc2c1CC=C2. The number of alkyl halides is 3. The first-order valence-electron chi connectivity index (χ1n) is 4.05. The van der Waals surface area contributed by atoms with E-state index in [9.17, 15) is 13.2 Å². The van der Waals surface area contributed by atoms with Crippen molar-refractivity contribution in [3.63, 3.8) is 0 Å². The lowest BCUT2D eigenvalue weighted by atomic mass is 10.0. The van der Waals surface area contributed by atoms with Crippen LogP contribution in [0.25, 0.3) is 6.08 Å². The summed E-state index contributed by atoms with van der Waals surface area (Å²) in [6, 6.07) is 2.90. The van der Waals surface area contributed by atoms with Crippen molar-refractivity contribution in [1.29, 1.82) is 0 Å². The summed E-state index contributed by atoms with van der Waals surface area (Å²) in [5, 5.41) is -0.222. The molecule has 1 aromatic carbocycles. The van der Waals surface area contributed by atoms with Crippen LogP contribution in [0, 0.1) is 0 Å². The van der Waals surface area contributed by atoms with E-state index >= 15 is 0 Å². The Morgan fingerprint density at radius 2 is 1.93 bits per heavy atom. The number of hydrogen-bond donors (Lipinski definition) is 0. The van der Waals surface area contributed by atoms with Crippen molar-refractivity contribution in [3.8, 4) is 0 Å². The highest BCUT2D eigenvalue weighted by Gasteiger charge is 2.36. The number of fused-ring (bicyclic) bond motifs is 1. The van der Waals surface area contributed by atoms with E-state index in [1.807, 2.05) is 0 Å². The zero-order valence-electron chi connectivity index (χ0n) is 7.03. The van der Waals surface area contributed by atoms with Gasteiger partial charge in [0.2, 0.25) is 0 Å². The lowest BCUT2D eigenvalue weighted by Crippen LogP contribution is -2.10. The predicted molar refractivity (Wildman–Crippen MR) is 49.2 cm³/mol. The van der Waals surface area contributed by atoms with Crippen molar-refractivity contribution in [3.05, 3.63) is 39.9 Å². The van der Waals surface area contributed by atoms with Crippen molar-refractivity contribution < 1.29 is 13.2 Å². The maximum absolute atomic E-state index is 12.6. The summed E-state index contributed by atoms with van der Waals surface area (Å²) in [6.45, 7) is 0. The van der Waals surface area contributed by atoms with Gasteiger partial charge in [-0.05, 0) is 23.6 Å². The molecule has 74 valence electrons. The largest absolute Gasteiger partial charge is 0.418 e. The number of rotatable bonds is 0. The Morgan fingerprint density at radius 1 is 1.21 bits per heavy atom. The lowest BCUT2D eigenvalue weighted by molar-refractivity contribution is -0.138. The second-order valence-corrected chi connectivity index (χ2v) is 3.50. The maximum atomic E-state index is 12.6. The van der Waals surface area contributed by atoms with E-state index in [4.69, 9.17) is 11.6 Å². The van der Waals surface area contributed by atoms with E-state index in [1.54, 1.807) is 18.2 Å². The highest BCUT2D eigenvalue weighted by molar-refractivity contribution is 6.31. The van der Waals surface area contributed by atoms with Crippen LogP contribution >= 0.6 is 11.6 Å². The Labute approximate surface area is 84.0 Å². The molecule has 1 aliphatic carbocycles. The quantitative estimate of drug-likeness (QED) is 0.619. The lowest BCUT2D eigenvalue weighted by Gasteiger charge is -2.13. The molecular weight excluding hydrogens is 213 g/mol. The Hall–Kier alpha value is -0.960. The number of benzene rings is 1. The summed E-state index contributed by atoms with van der Waals surface area (Å²) in [6.07, 6.45) is -0.670. The minimum absolute atomic E-state index is 0.222. The third kappa shape index (κ3) is 1.42. The third-order valence-electron chi connectivity index (χ3n) is 2.20. The van der Waals surface area contributed by atoms with Gasteiger partial charge >= 0.3 is 6.18 Å². The molecule has 0 amide bonds. The van der Waals surface area contributed by atoms with Crippen LogP contribution in [0.1, 0.15) is 16.7 Å². The second-order valence-electron chi connectivity index (χ2n) is 3.09. The van der Waals surface area contributed by atoms with E-state index in [-0.39, 0.29) is 10.6 Å². The molecule has 1 aromatic rings. The van der Waals surface area contributed by atoms with Crippen molar-refractivity contribution in [2.24, 2.45) is 0 Å². The molecule has 0 heterocycles. The number of hydrogen-bond acceptors (Lipinski definition) is 0. The van der Waals surface area contributed by atoms with Gasteiger partial charge in [-0.15, -0.1) is 0 Å². The average molecular weight is 219 g/mol. The zero-order chi connectivity index (χ0) is 10.3. The van der Waals surface area contributed by atoms with Crippen LogP contribution in [0.5, 0.6) is 0 Å². The highest BCUT2D eigenvalue weighted by Crippen LogP contribution is 2.40. The molecule has 2 rings (SSSR count). The summed E-state index contributed by atoms with van der Waals surface area (Å²) in [5.74, 6) is 0. The molecule has 0 saturated carbocycles. The fraction of sp³-hybridized carbons (Fsp3) is 0.200. The monoisotopic (exact) mass is 218 g/mol. The van der Waals surface area contributed by atoms with E-state index in [0.717, 1.165) is 0 Å². The van der Waals surface area contributed by atoms with Gasteiger partial charge in [-0.25, -0.2) is 0 Å². The van der Waals surface area contributed by atoms with Gasteiger partial charge in [-0.1, -0.05) is 29.8 Å². The molecule has 0 unspecified atom stereocenters. The summed E-state index contributed by atoms with van der Waals surface area (Å²) in [7, 11) is 0. The highest BCUT2D eigenvalue weighted by atomic mass is 35.5. The van der Waals surface area contributed by atoms with Gasteiger partial charge in [-0.3, -0.25) is 0 Å². The van der Waals surface area contributed by atoms with E-state index < -0.39 is 11.7 Å². The fourth-order valence-corrected chi connectivity index (χ4v) is 1.91. The summed E-state index contributed by atoms with van der Waals surface area (Å²) < 4.78 is 37.8. The standard InChI is InChI=1S/C10H6ClF3/c11-8-5-4-6-2-1-3-7(6)9(8)10(12,13)14/h1-2,4-5H,3H2. The molecule has 0 nitrogen and oxygen atoms in total. The van der Waals surface area contributed by atoms with Crippen molar-refractivity contribution >= 4 is 17.7 Å². The molecule has 0 aromatic heterocycles. The Morgan fingerprint density at radius 3 is 2.57 bits per heavy atom. The van der Waals surface area contributed by atoms with Crippen LogP contribution in [0.3, 0.4) is 0 Å². The van der Waals surface area contributed by atoms with E-state index in [0.29, 0.717) is 12.0 Å². The van der Waals surface area contributed by atoms with Crippen LogP contribution in [-0.4, -0.2) is 0 Å². The van der Waals surface area contributed by atoms with Crippen molar-refractivity contribution in [2.45, 2.75) is 12.6 Å². The van der Waals surface area contributed by atoms with Gasteiger partial charge in [0.05, 0.1) is 10.6 Å². The van der Waals surface area contributed by atoms with Crippen LogP contribution in [0.2, 0.25) is 5.02 Å². The Bertz CT molecular complexity index is 405. The smallest absolute Gasteiger partial charge is 0.166 e. The summed E-state index contributed by atoms with van der Waals surface area (Å²) in [5.41, 5.74) is 0.202. The summed E-state index contributed by atoms with van der Waals surface area (Å²) in [4.78, 5) is 0. The molecule has 0 radical (unpaired) electrons. The zero-order valence-corrected chi connectivity index (χ0v) is 7.78. The number of halogens is 4.